The first kappa shape index (κ1) is 30.8. The Kier molecular flexibility index (Phi) is 22.5. The Morgan fingerprint density at radius 1 is 1.04 bits per heavy atom. The molecule has 0 aliphatic carbocycles. The zero-order valence-corrected chi connectivity index (χ0v) is 20.5. The number of esters is 1. The molecule has 2 atom stereocenters. The second kappa shape index (κ2) is 19.8. The summed E-state index contributed by atoms with van der Waals surface area (Å²) in [4.78, 5) is 12.1. The predicted octanol–water partition coefficient (Wildman–Crippen LogP) is 7.57. The molecule has 0 saturated carbocycles. The van der Waals surface area contributed by atoms with Gasteiger partial charge >= 0.3 is 5.97 Å². The Morgan fingerprint density at radius 2 is 1.48 bits per heavy atom. The fourth-order valence-corrected chi connectivity index (χ4v) is 2.41. The van der Waals surface area contributed by atoms with E-state index in [0.717, 1.165) is 18.6 Å². The van der Waals surface area contributed by atoms with Crippen molar-refractivity contribution in [1.29, 1.82) is 0 Å². The fraction of sp³-hybridized carbons (Fsp3) is 0.708. The van der Waals surface area contributed by atoms with Gasteiger partial charge in [0.05, 0.1) is 12.5 Å². The summed E-state index contributed by atoms with van der Waals surface area (Å²) in [5, 5.41) is 0. The van der Waals surface area contributed by atoms with Gasteiger partial charge in [0.25, 0.3) is 0 Å². The van der Waals surface area contributed by atoms with Crippen molar-refractivity contribution in [2.75, 3.05) is 12.4 Å². The summed E-state index contributed by atoms with van der Waals surface area (Å²) in [6.45, 7) is 21.1. The third-order valence-electron chi connectivity index (χ3n) is 4.52. The maximum atomic E-state index is 12.1. The van der Waals surface area contributed by atoms with Gasteiger partial charge in [0, 0.05) is 0 Å². The van der Waals surface area contributed by atoms with Gasteiger partial charge in [0.15, 0.2) is 0 Å². The molecule has 2 unspecified atom stereocenters. The molecule has 3 heteroatoms. The summed E-state index contributed by atoms with van der Waals surface area (Å²) >= 11 is 3.79. The van der Waals surface area contributed by atoms with Crippen molar-refractivity contribution in [3.63, 3.8) is 0 Å². The maximum absolute atomic E-state index is 12.1. The summed E-state index contributed by atoms with van der Waals surface area (Å²) in [5.74, 6) is 0.996. The summed E-state index contributed by atoms with van der Waals surface area (Å²) in [6, 6.07) is 10.4. The average molecular weight is 399 g/mol. The number of unbranched alkanes of at least 4 members (excludes halogenated alkanes) is 1. The topological polar surface area (TPSA) is 26.3 Å². The van der Waals surface area contributed by atoms with Crippen LogP contribution in [-0.4, -0.2) is 18.3 Å². The fourth-order valence-electron chi connectivity index (χ4n) is 2.41. The molecule has 2 nitrogen and oxygen atoms in total. The van der Waals surface area contributed by atoms with E-state index in [1.165, 1.54) is 5.56 Å². The van der Waals surface area contributed by atoms with Crippen LogP contribution in [-0.2, 0) is 14.9 Å². The van der Waals surface area contributed by atoms with Crippen molar-refractivity contribution in [3.8, 4) is 0 Å². The Morgan fingerprint density at radius 3 is 1.89 bits per heavy atom. The predicted molar refractivity (Wildman–Crippen MR) is 126 cm³/mol. The lowest BCUT2D eigenvalue weighted by atomic mass is 9.69. The van der Waals surface area contributed by atoms with Crippen molar-refractivity contribution < 1.29 is 9.53 Å². The average Bonchev–Trinajstić information content (AvgIpc) is 2.71. The number of ether oxygens (including phenoxy) is 1. The first-order valence-electron chi connectivity index (χ1n) is 10.7. The molecule has 160 valence electrons. The minimum Gasteiger partial charge on any atom is -0.465 e. The van der Waals surface area contributed by atoms with Crippen LogP contribution in [0.4, 0.5) is 0 Å². The van der Waals surface area contributed by atoms with Gasteiger partial charge < -0.3 is 4.74 Å². The maximum Gasteiger partial charge on any atom is 0.308 e. The zero-order chi connectivity index (χ0) is 21.9. The normalized spacial score (nSPS) is 12.0. The molecule has 0 fully saturated rings. The van der Waals surface area contributed by atoms with Gasteiger partial charge in [-0.15, -0.1) is 0 Å². The third-order valence-corrected chi connectivity index (χ3v) is 4.52. The first-order valence-corrected chi connectivity index (χ1v) is 11.3. The molecule has 1 aromatic rings. The summed E-state index contributed by atoms with van der Waals surface area (Å²) in [5.41, 5.74) is 1.21. The molecule has 0 aromatic heterocycles. The molecule has 0 radical (unpaired) electrons. The van der Waals surface area contributed by atoms with Crippen LogP contribution in [0.25, 0.3) is 0 Å². The minimum absolute atomic E-state index is 0.0511. The van der Waals surface area contributed by atoms with Crippen LogP contribution in [0.2, 0.25) is 0 Å². The van der Waals surface area contributed by atoms with Crippen molar-refractivity contribution in [2.24, 2.45) is 11.8 Å². The third kappa shape index (κ3) is 12.9. The Bertz CT molecular complexity index is 429. The van der Waals surface area contributed by atoms with Crippen LogP contribution in [0.5, 0.6) is 0 Å². The number of hydrogen-bond donors (Lipinski definition) is 1. The largest absolute Gasteiger partial charge is 0.465 e. The molecule has 0 bridgehead atoms. The number of rotatable bonds is 7. The van der Waals surface area contributed by atoms with E-state index < -0.39 is 0 Å². The molecule has 0 aliphatic heterocycles. The van der Waals surface area contributed by atoms with E-state index in [-0.39, 0.29) is 23.2 Å². The molecular formula is C24H46O2S. The van der Waals surface area contributed by atoms with Crippen LogP contribution in [0.3, 0.4) is 0 Å². The Hall–Kier alpha value is -0.960. The molecule has 27 heavy (non-hydrogen) atoms. The Labute approximate surface area is 175 Å². The molecule has 0 heterocycles. The van der Waals surface area contributed by atoms with Gasteiger partial charge in [-0.05, 0) is 29.1 Å². The molecule has 1 aromatic carbocycles. The highest BCUT2D eigenvalue weighted by atomic mass is 32.1. The van der Waals surface area contributed by atoms with Gasteiger partial charge in [-0.25, -0.2) is 0 Å². The monoisotopic (exact) mass is 398 g/mol. The van der Waals surface area contributed by atoms with Crippen molar-refractivity contribution in [3.05, 3.63) is 35.9 Å². The number of carbonyl (C=O) groups excluding carboxylic acids is 1. The quantitative estimate of drug-likeness (QED) is 0.291. The highest BCUT2D eigenvalue weighted by molar-refractivity contribution is 7.80. The van der Waals surface area contributed by atoms with Crippen molar-refractivity contribution in [1.82, 2.24) is 0 Å². The van der Waals surface area contributed by atoms with E-state index in [4.69, 9.17) is 4.74 Å². The van der Waals surface area contributed by atoms with Crippen LogP contribution in [0.15, 0.2) is 30.3 Å². The summed E-state index contributed by atoms with van der Waals surface area (Å²) < 4.78 is 5.36. The van der Waals surface area contributed by atoms with E-state index in [1.54, 1.807) is 0 Å². The van der Waals surface area contributed by atoms with Gasteiger partial charge in [0.1, 0.15) is 0 Å². The minimum atomic E-state index is -0.0953. The number of hydrogen-bond acceptors (Lipinski definition) is 3. The van der Waals surface area contributed by atoms with Gasteiger partial charge in [-0.3, -0.25) is 4.79 Å². The number of benzene rings is 1. The second-order valence-electron chi connectivity index (χ2n) is 6.50. The van der Waals surface area contributed by atoms with E-state index in [1.807, 2.05) is 59.7 Å². The van der Waals surface area contributed by atoms with Crippen LogP contribution >= 0.6 is 12.6 Å². The van der Waals surface area contributed by atoms with Gasteiger partial charge in [0.2, 0.25) is 0 Å². The van der Waals surface area contributed by atoms with Crippen LogP contribution < -0.4 is 0 Å². The molecule has 1 rings (SSSR count). The smallest absolute Gasteiger partial charge is 0.308 e. The SMILES string of the molecule is CC.CC.CCCCOC(=O)C(C)C(C)C(C)(C)c1ccccc1.CCS. The second-order valence-corrected chi connectivity index (χ2v) is 7.13. The van der Waals surface area contributed by atoms with Crippen molar-refractivity contribution >= 4 is 18.6 Å². The van der Waals surface area contributed by atoms with E-state index in [9.17, 15) is 4.79 Å². The molecule has 0 amide bonds. The Balaban J connectivity index is -0.000000725. The lowest BCUT2D eigenvalue weighted by Crippen LogP contribution is -2.35. The lowest BCUT2D eigenvalue weighted by Gasteiger charge is -2.35. The summed E-state index contributed by atoms with van der Waals surface area (Å²) in [6.07, 6.45) is 1.99. The van der Waals surface area contributed by atoms with E-state index in [2.05, 4.69) is 52.5 Å². The van der Waals surface area contributed by atoms with Crippen molar-refractivity contribution in [2.45, 2.75) is 87.5 Å². The highest BCUT2D eigenvalue weighted by Gasteiger charge is 2.35. The van der Waals surface area contributed by atoms with Gasteiger partial charge in [-0.2, -0.15) is 12.6 Å². The van der Waals surface area contributed by atoms with E-state index in [0.29, 0.717) is 6.61 Å². The zero-order valence-electron chi connectivity index (χ0n) is 19.6. The lowest BCUT2D eigenvalue weighted by molar-refractivity contribution is -0.150. The van der Waals surface area contributed by atoms with Gasteiger partial charge in [-0.1, -0.05) is 106 Å². The number of thiol groups is 1. The molecule has 0 spiro atoms. The first-order chi connectivity index (χ1) is 12.8. The molecule has 0 N–H and O–H groups in total. The standard InChI is InChI=1S/C18H28O2.C2H6S.2C2H6/c1-6-7-13-20-17(19)14(2)15(3)18(4,5)16-11-9-8-10-12-16;1-2-3;2*1-2/h8-12,14-15H,6-7,13H2,1-5H3;3H,2H2,1H3;2*1-2H3. The summed E-state index contributed by atoms with van der Waals surface area (Å²) in [7, 11) is 0. The molecule has 0 saturated heterocycles. The van der Waals surface area contributed by atoms with Crippen LogP contribution in [0, 0.1) is 11.8 Å². The molecule has 0 aliphatic rings. The molecular weight excluding hydrogens is 352 g/mol. The van der Waals surface area contributed by atoms with Crippen LogP contribution in [0.1, 0.15) is 87.6 Å². The highest BCUT2D eigenvalue weighted by Crippen LogP contribution is 2.36. The number of carbonyl (C=O) groups is 1. The van der Waals surface area contributed by atoms with E-state index >= 15 is 0 Å².